The minimum Gasteiger partial charge on any atom is -0.496 e. The lowest BCUT2D eigenvalue weighted by Crippen LogP contribution is -2.15. The molecule has 1 N–H and O–H groups in total. The molecule has 0 atom stereocenters. The number of allylic oxidation sites excluding steroid dienone is 1. The molecule has 0 saturated heterocycles. The zero-order valence-corrected chi connectivity index (χ0v) is 18.7. The van der Waals surface area contributed by atoms with E-state index >= 15 is 0 Å². The highest BCUT2D eigenvalue weighted by Crippen LogP contribution is 2.31. The molecule has 32 heavy (non-hydrogen) atoms. The first kappa shape index (κ1) is 23.1. The van der Waals surface area contributed by atoms with E-state index < -0.39 is 5.97 Å². The van der Waals surface area contributed by atoms with E-state index in [1.807, 2.05) is 28.8 Å². The number of ether oxygens (including phenoxy) is 2. The summed E-state index contributed by atoms with van der Waals surface area (Å²) >= 11 is 1.27. The number of esters is 1. The van der Waals surface area contributed by atoms with E-state index in [1.54, 1.807) is 44.4 Å². The molecule has 0 aliphatic carbocycles. The molecule has 0 fully saturated rings. The van der Waals surface area contributed by atoms with Crippen molar-refractivity contribution in [1.82, 2.24) is 14.8 Å². The van der Waals surface area contributed by atoms with Gasteiger partial charge in [-0.2, -0.15) is 0 Å². The first-order chi connectivity index (χ1) is 15.6. The molecule has 0 aliphatic heterocycles. The van der Waals surface area contributed by atoms with E-state index in [0.717, 1.165) is 5.56 Å². The standard InChI is InChI=1S/C23H24N4O4S/c1-4-14-27-21(18-8-6-7-9-19(18)30-3)25-26-23(27)32-15-20(28)24-17-12-10-16(11-13-17)22(29)31-5-2/h4,6-13H,1,5,14-15H2,2-3H3,(H,24,28). The quantitative estimate of drug-likeness (QED) is 0.282. The SMILES string of the molecule is C=CCn1c(SCC(=O)Nc2ccc(C(=O)OCC)cc2)nnc1-c1ccccc1OC. The highest BCUT2D eigenvalue weighted by molar-refractivity contribution is 7.99. The fourth-order valence-corrected chi connectivity index (χ4v) is 3.70. The number of thioether (sulfide) groups is 1. The number of anilines is 1. The van der Waals surface area contributed by atoms with Crippen LogP contribution in [-0.4, -0.2) is 46.1 Å². The fraction of sp³-hybridized carbons (Fsp3) is 0.217. The first-order valence-electron chi connectivity index (χ1n) is 9.94. The molecule has 0 saturated carbocycles. The number of rotatable bonds is 10. The first-order valence-corrected chi connectivity index (χ1v) is 10.9. The number of carbonyl (C=O) groups is 2. The van der Waals surface area contributed by atoms with E-state index in [2.05, 4.69) is 22.1 Å². The molecule has 2 aromatic carbocycles. The van der Waals surface area contributed by atoms with Gasteiger partial charge >= 0.3 is 5.97 Å². The third-order valence-electron chi connectivity index (χ3n) is 4.39. The van der Waals surface area contributed by atoms with Crippen LogP contribution in [0.25, 0.3) is 11.4 Å². The lowest BCUT2D eigenvalue weighted by atomic mass is 10.2. The number of para-hydroxylation sites is 1. The van der Waals surface area contributed by atoms with Gasteiger partial charge in [0.05, 0.1) is 30.6 Å². The number of nitrogens with zero attached hydrogens (tertiary/aromatic N) is 3. The van der Waals surface area contributed by atoms with Crippen LogP contribution in [0.15, 0.2) is 66.3 Å². The molecule has 1 heterocycles. The van der Waals surface area contributed by atoms with Gasteiger partial charge in [0.2, 0.25) is 5.91 Å². The largest absolute Gasteiger partial charge is 0.496 e. The third-order valence-corrected chi connectivity index (χ3v) is 5.36. The summed E-state index contributed by atoms with van der Waals surface area (Å²) in [5, 5.41) is 12.0. The van der Waals surface area contributed by atoms with Gasteiger partial charge in [-0.1, -0.05) is 30.0 Å². The molecule has 0 bridgehead atoms. The second kappa shape index (κ2) is 11.1. The third kappa shape index (κ3) is 5.55. The van der Waals surface area contributed by atoms with Crippen LogP contribution in [0.4, 0.5) is 5.69 Å². The molecule has 3 aromatic rings. The van der Waals surface area contributed by atoms with Crippen molar-refractivity contribution in [2.24, 2.45) is 0 Å². The van der Waals surface area contributed by atoms with Crippen LogP contribution in [0.5, 0.6) is 5.75 Å². The van der Waals surface area contributed by atoms with Gasteiger partial charge in [0, 0.05) is 12.2 Å². The zero-order valence-electron chi connectivity index (χ0n) is 17.9. The van der Waals surface area contributed by atoms with Gasteiger partial charge in [0.25, 0.3) is 0 Å². The molecule has 9 heteroatoms. The molecule has 0 radical (unpaired) electrons. The molecular weight excluding hydrogens is 428 g/mol. The van der Waals surface area contributed by atoms with Gasteiger partial charge in [-0.05, 0) is 43.3 Å². The summed E-state index contributed by atoms with van der Waals surface area (Å²) in [4.78, 5) is 24.2. The zero-order chi connectivity index (χ0) is 22.9. The van der Waals surface area contributed by atoms with Crippen LogP contribution in [0.2, 0.25) is 0 Å². The molecule has 8 nitrogen and oxygen atoms in total. The van der Waals surface area contributed by atoms with Gasteiger partial charge in [-0.3, -0.25) is 9.36 Å². The summed E-state index contributed by atoms with van der Waals surface area (Å²) in [6.07, 6.45) is 1.75. The molecule has 0 spiro atoms. The Morgan fingerprint density at radius 2 is 1.91 bits per heavy atom. The molecular formula is C23H24N4O4S. The maximum absolute atomic E-state index is 12.4. The number of carbonyl (C=O) groups excluding carboxylic acids is 2. The maximum Gasteiger partial charge on any atom is 0.338 e. The summed E-state index contributed by atoms with van der Waals surface area (Å²) in [6.45, 7) is 6.35. The fourth-order valence-electron chi connectivity index (χ4n) is 2.95. The topological polar surface area (TPSA) is 95.3 Å². The number of amides is 1. The van der Waals surface area contributed by atoms with Crippen molar-refractivity contribution in [3.8, 4) is 17.1 Å². The average molecular weight is 453 g/mol. The van der Waals surface area contributed by atoms with Crippen molar-refractivity contribution in [1.29, 1.82) is 0 Å². The minimum atomic E-state index is -0.395. The van der Waals surface area contributed by atoms with E-state index in [1.165, 1.54) is 11.8 Å². The summed E-state index contributed by atoms with van der Waals surface area (Å²) in [5.74, 6) is 0.866. The molecule has 3 rings (SSSR count). The Hall–Kier alpha value is -3.59. The maximum atomic E-state index is 12.4. The van der Waals surface area contributed by atoms with Crippen molar-refractivity contribution >= 4 is 29.3 Å². The van der Waals surface area contributed by atoms with Gasteiger partial charge < -0.3 is 14.8 Å². The average Bonchev–Trinajstić information content (AvgIpc) is 3.21. The molecule has 0 aliphatic rings. The second-order valence-corrected chi connectivity index (χ2v) is 7.48. The number of hydrogen-bond acceptors (Lipinski definition) is 7. The van der Waals surface area contributed by atoms with Gasteiger partial charge in [-0.15, -0.1) is 16.8 Å². The van der Waals surface area contributed by atoms with Crippen LogP contribution in [0, 0.1) is 0 Å². The predicted molar refractivity (Wildman–Crippen MR) is 124 cm³/mol. The lowest BCUT2D eigenvalue weighted by molar-refractivity contribution is -0.113. The van der Waals surface area contributed by atoms with Gasteiger partial charge in [0.1, 0.15) is 5.75 Å². The van der Waals surface area contributed by atoms with Crippen molar-refractivity contribution in [3.05, 3.63) is 66.7 Å². The van der Waals surface area contributed by atoms with E-state index in [9.17, 15) is 9.59 Å². The number of methoxy groups -OCH3 is 1. The van der Waals surface area contributed by atoms with Gasteiger partial charge in [0.15, 0.2) is 11.0 Å². The van der Waals surface area contributed by atoms with Crippen LogP contribution in [0.1, 0.15) is 17.3 Å². The lowest BCUT2D eigenvalue weighted by Gasteiger charge is -2.10. The van der Waals surface area contributed by atoms with Crippen LogP contribution < -0.4 is 10.1 Å². The van der Waals surface area contributed by atoms with Crippen molar-refractivity contribution < 1.29 is 19.1 Å². The number of hydrogen-bond donors (Lipinski definition) is 1. The minimum absolute atomic E-state index is 0.140. The smallest absolute Gasteiger partial charge is 0.338 e. The van der Waals surface area contributed by atoms with E-state index in [0.29, 0.717) is 41.1 Å². The number of nitrogens with one attached hydrogen (secondary N) is 1. The Morgan fingerprint density at radius 3 is 2.59 bits per heavy atom. The molecule has 1 aromatic heterocycles. The Balaban J connectivity index is 1.67. The number of benzene rings is 2. The Labute approximate surface area is 190 Å². The summed E-state index contributed by atoms with van der Waals surface area (Å²) in [7, 11) is 1.60. The number of aromatic nitrogens is 3. The van der Waals surface area contributed by atoms with E-state index in [4.69, 9.17) is 9.47 Å². The summed E-state index contributed by atoms with van der Waals surface area (Å²) < 4.78 is 12.3. The highest BCUT2D eigenvalue weighted by atomic mass is 32.2. The molecule has 1 amide bonds. The second-order valence-electron chi connectivity index (χ2n) is 6.54. The molecule has 0 unspecified atom stereocenters. The Bertz CT molecular complexity index is 1100. The predicted octanol–water partition coefficient (Wildman–Crippen LogP) is 4.05. The monoisotopic (exact) mass is 452 g/mol. The van der Waals surface area contributed by atoms with Crippen LogP contribution in [-0.2, 0) is 16.1 Å². The molecule has 166 valence electrons. The van der Waals surface area contributed by atoms with Crippen LogP contribution >= 0.6 is 11.8 Å². The summed E-state index contributed by atoms with van der Waals surface area (Å²) in [5.41, 5.74) is 1.83. The van der Waals surface area contributed by atoms with E-state index in [-0.39, 0.29) is 11.7 Å². The normalized spacial score (nSPS) is 10.4. The van der Waals surface area contributed by atoms with Crippen molar-refractivity contribution in [2.75, 3.05) is 24.8 Å². The van der Waals surface area contributed by atoms with Gasteiger partial charge in [-0.25, -0.2) is 4.79 Å². The van der Waals surface area contributed by atoms with Crippen molar-refractivity contribution in [2.45, 2.75) is 18.6 Å². The Morgan fingerprint density at radius 1 is 1.16 bits per heavy atom. The Kier molecular flexibility index (Phi) is 8.04. The van der Waals surface area contributed by atoms with Crippen molar-refractivity contribution in [3.63, 3.8) is 0 Å². The highest BCUT2D eigenvalue weighted by Gasteiger charge is 2.17. The van der Waals surface area contributed by atoms with Crippen LogP contribution in [0.3, 0.4) is 0 Å². The summed E-state index contributed by atoms with van der Waals surface area (Å²) in [6, 6.07) is 14.1.